The van der Waals surface area contributed by atoms with Gasteiger partial charge in [0.1, 0.15) is 5.82 Å². The van der Waals surface area contributed by atoms with E-state index in [1.807, 2.05) is 24.3 Å². The second-order valence-corrected chi connectivity index (χ2v) is 10.4. The molecule has 0 saturated carbocycles. The van der Waals surface area contributed by atoms with Crippen molar-refractivity contribution in [1.82, 2.24) is 40.1 Å². The van der Waals surface area contributed by atoms with Crippen molar-refractivity contribution in [2.45, 2.75) is 13.0 Å². The Labute approximate surface area is 194 Å². The molecule has 9 nitrogen and oxygen atoms in total. The summed E-state index contributed by atoms with van der Waals surface area (Å²) in [5, 5.41) is 14.8. The predicted octanol–water partition coefficient (Wildman–Crippen LogP) is 2.80. The van der Waals surface area contributed by atoms with Crippen LogP contribution in [0, 0.1) is 5.82 Å². The highest BCUT2D eigenvalue weighted by molar-refractivity contribution is 7.67. The Balaban J connectivity index is 1.41. The first-order chi connectivity index (χ1) is 16.5. The summed E-state index contributed by atoms with van der Waals surface area (Å²) in [6.45, 7) is 0.478. The van der Waals surface area contributed by atoms with Crippen LogP contribution in [0.25, 0.3) is 22.2 Å². The van der Waals surface area contributed by atoms with E-state index in [2.05, 4.69) is 41.5 Å². The summed E-state index contributed by atoms with van der Waals surface area (Å²) in [6, 6.07) is 14.6. The van der Waals surface area contributed by atoms with Crippen molar-refractivity contribution < 1.29 is 8.96 Å². The quantitative estimate of drug-likeness (QED) is 0.345. The summed E-state index contributed by atoms with van der Waals surface area (Å²) in [5.74, 6) is -0.545. The van der Waals surface area contributed by atoms with Crippen molar-refractivity contribution in [1.29, 1.82) is 0 Å². The fraction of sp³-hybridized carbons (Fsp3) is 0.174. The molecule has 0 fully saturated rings. The molecule has 0 unspecified atom stereocenters. The van der Waals surface area contributed by atoms with Gasteiger partial charge in [-0.1, -0.05) is 23.4 Å². The highest BCUT2D eigenvalue weighted by Crippen LogP contribution is 2.34. The molecule has 0 aliphatic heterocycles. The van der Waals surface area contributed by atoms with Crippen LogP contribution in [-0.2, 0) is 17.5 Å². The van der Waals surface area contributed by atoms with Crippen molar-refractivity contribution in [3.8, 4) is 0 Å². The Bertz CT molecular complexity index is 1550. The number of nitrogens with one attached hydrogen (secondary N) is 2. The fourth-order valence-electron chi connectivity index (χ4n) is 3.86. The van der Waals surface area contributed by atoms with Gasteiger partial charge in [-0.3, -0.25) is 19.7 Å². The number of pyridine rings is 1. The summed E-state index contributed by atoms with van der Waals surface area (Å²) in [5.41, 5.74) is 4.30. The Hall–Kier alpha value is -3.59. The zero-order valence-electron chi connectivity index (χ0n) is 18.6. The monoisotopic (exact) mass is 476 g/mol. The molecule has 172 valence electrons. The first-order valence-electron chi connectivity index (χ1n) is 10.6. The molecule has 0 spiro atoms. The summed E-state index contributed by atoms with van der Waals surface area (Å²) in [4.78, 5) is 13.4. The van der Waals surface area contributed by atoms with Gasteiger partial charge in [0, 0.05) is 18.0 Å². The molecule has 2 N–H and O–H groups in total. The van der Waals surface area contributed by atoms with E-state index in [0.29, 0.717) is 35.5 Å². The highest BCUT2D eigenvalue weighted by Gasteiger charge is 2.24. The molecule has 0 saturated heterocycles. The number of rotatable bonds is 7. The first-order valence-corrected chi connectivity index (χ1v) is 12.4. The van der Waals surface area contributed by atoms with Crippen molar-refractivity contribution >= 4 is 34.9 Å². The van der Waals surface area contributed by atoms with Crippen LogP contribution >= 0.6 is 7.44 Å². The van der Waals surface area contributed by atoms with Crippen molar-refractivity contribution in [3.63, 3.8) is 0 Å². The molecule has 5 rings (SSSR count). The summed E-state index contributed by atoms with van der Waals surface area (Å²) in [6.07, 6.45) is 3.74. The lowest BCUT2D eigenvalue weighted by molar-refractivity contribution is 0.566. The molecule has 0 radical (unpaired) electrons. The van der Waals surface area contributed by atoms with Gasteiger partial charge in [0.2, 0.25) is 13.1 Å². The van der Waals surface area contributed by atoms with E-state index in [0.717, 1.165) is 16.5 Å². The second kappa shape index (κ2) is 8.98. The summed E-state index contributed by atoms with van der Waals surface area (Å²) in [7, 11) is -0.122. The van der Waals surface area contributed by atoms with Crippen LogP contribution < -0.4 is 15.5 Å². The Morgan fingerprint density at radius 2 is 1.85 bits per heavy atom. The molecular formula is C23H22FN8OP. The number of hydrogen-bond donors (Lipinski definition) is 2. The van der Waals surface area contributed by atoms with Gasteiger partial charge in [0.05, 0.1) is 29.3 Å². The molecule has 0 atom stereocenters. The van der Waals surface area contributed by atoms with Crippen LogP contribution in [-0.4, -0.2) is 44.0 Å². The molecule has 0 aliphatic carbocycles. The molecule has 5 aromatic rings. The van der Waals surface area contributed by atoms with Crippen molar-refractivity contribution in [3.05, 3.63) is 83.6 Å². The third-order valence-corrected chi connectivity index (χ3v) is 7.94. The van der Waals surface area contributed by atoms with Crippen molar-refractivity contribution in [2.75, 3.05) is 14.1 Å². The average Bonchev–Trinajstić information content (AvgIpc) is 3.25. The molecule has 34 heavy (non-hydrogen) atoms. The van der Waals surface area contributed by atoms with E-state index in [1.54, 1.807) is 23.1 Å². The van der Waals surface area contributed by atoms with Gasteiger partial charge in [-0.05, 0) is 55.6 Å². The third-order valence-electron chi connectivity index (χ3n) is 5.64. The van der Waals surface area contributed by atoms with Crippen LogP contribution in [0.5, 0.6) is 0 Å². The Kier molecular flexibility index (Phi) is 5.87. The van der Waals surface area contributed by atoms with Gasteiger partial charge < -0.3 is 0 Å². The van der Waals surface area contributed by atoms with E-state index in [4.69, 9.17) is 0 Å². The van der Waals surface area contributed by atoms with E-state index >= 15 is 0 Å². The Morgan fingerprint density at radius 3 is 2.65 bits per heavy atom. The first kappa shape index (κ1) is 22.2. The molecule has 3 heterocycles. The zero-order valence-corrected chi connectivity index (χ0v) is 19.5. The van der Waals surface area contributed by atoms with Crippen LogP contribution in [0.15, 0.2) is 60.9 Å². The maximum absolute atomic E-state index is 14.7. The van der Waals surface area contributed by atoms with E-state index in [1.165, 1.54) is 26.2 Å². The molecular weight excluding hydrogens is 454 g/mol. The van der Waals surface area contributed by atoms with Crippen molar-refractivity contribution in [2.24, 2.45) is 0 Å². The second-order valence-electron chi connectivity index (χ2n) is 7.81. The van der Waals surface area contributed by atoms with Crippen LogP contribution in [0.2, 0.25) is 0 Å². The van der Waals surface area contributed by atoms with Gasteiger partial charge in [0.15, 0.2) is 5.65 Å². The van der Waals surface area contributed by atoms with Gasteiger partial charge in [0.25, 0.3) is 0 Å². The third kappa shape index (κ3) is 4.19. The van der Waals surface area contributed by atoms with Gasteiger partial charge in [-0.15, -0.1) is 5.10 Å². The van der Waals surface area contributed by atoms with E-state index < -0.39 is 13.3 Å². The van der Waals surface area contributed by atoms with E-state index in [9.17, 15) is 8.96 Å². The normalized spacial score (nSPS) is 12.0. The number of fused-ring (bicyclic) bond motifs is 2. The molecule has 0 amide bonds. The number of benzene rings is 2. The van der Waals surface area contributed by atoms with Crippen LogP contribution in [0.4, 0.5) is 4.39 Å². The number of nitrogens with zero attached hydrogens (tertiary/aromatic N) is 6. The lowest BCUT2D eigenvalue weighted by Gasteiger charge is -2.17. The van der Waals surface area contributed by atoms with Crippen LogP contribution in [0.3, 0.4) is 0 Å². The van der Waals surface area contributed by atoms with Gasteiger partial charge in [-0.2, -0.15) is 0 Å². The maximum atomic E-state index is 14.7. The lowest BCUT2D eigenvalue weighted by atomic mass is 10.1. The summed E-state index contributed by atoms with van der Waals surface area (Å²) >= 11 is 0. The minimum Gasteiger partial charge on any atom is -0.284 e. The number of halogens is 1. The van der Waals surface area contributed by atoms with Gasteiger partial charge in [-0.25, -0.2) is 19.0 Å². The van der Waals surface area contributed by atoms with Crippen LogP contribution in [0.1, 0.15) is 16.8 Å². The topological polar surface area (TPSA) is 111 Å². The zero-order chi connectivity index (χ0) is 23.7. The van der Waals surface area contributed by atoms with Gasteiger partial charge >= 0.3 is 0 Å². The minimum atomic E-state index is -3.18. The summed E-state index contributed by atoms with van der Waals surface area (Å²) < 4.78 is 29.1. The maximum Gasteiger partial charge on any atom is 0.242 e. The number of hydrogen-bond acceptors (Lipinski definition) is 6. The fourth-order valence-corrected chi connectivity index (χ4v) is 5.21. The van der Waals surface area contributed by atoms with E-state index in [-0.39, 0.29) is 5.30 Å². The predicted molar refractivity (Wildman–Crippen MR) is 129 cm³/mol. The largest absolute Gasteiger partial charge is 0.284 e. The Morgan fingerprint density at radius 1 is 1.03 bits per heavy atom. The minimum absolute atomic E-state index is 0.107. The number of aromatic nitrogens is 6. The average molecular weight is 476 g/mol. The standard InChI is InChI=1S/C23H22FN8OP/c1-25-34(33,26-2)21-8-6-15(12-19(21)24)11-18-13-28-22-23(29-18)32(31-30-22)14-16-5-7-20-17(10-16)4-3-9-27-20/h3-10,12-13H,11,14H2,1-2H3,(H2,25,26,33). The molecule has 11 heteroatoms. The SMILES string of the molecule is CNP(=O)(NC)c1ccc(Cc2cnc3nnn(Cc4ccc5ncccc5c4)c3n2)cc1F. The molecule has 0 bridgehead atoms. The molecule has 3 aromatic heterocycles. The molecule has 2 aromatic carbocycles. The lowest BCUT2D eigenvalue weighted by Crippen LogP contribution is -2.27. The molecule has 0 aliphatic rings. The highest BCUT2D eigenvalue weighted by atomic mass is 31.2. The smallest absolute Gasteiger partial charge is 0.242 e.